The number of alkyl halides is 3. The standard InChI is InChI=1S/C15H11F3O3S/c1-22-11-5-2-9(3-6-11)10-4-7-13(21-15(16,17)18)12(8-10)14(19)20/h2-8H,1H3,(H,19,20). The normalized spacial score (nSPS) is 11.3. The van der Waals surface area contributed by atoms with Crippen molar-refractivity contribution in [2.24, 2.45) is 0 Å². The van der Waals surface area contributed by atoms with Crippen LogP contribution in [0.25, 0.3) is 11.1 Å². The minimum atomic E-state index is -4.94. The predicted octanol–water partition coefficient (Wildman–Crippen LogP) is 4.67. The molecule has 2 aromatic rings. The summed E-state index contributed by atoms with van der Waals surface area (Å²) in [4.78, 5) is 12.2. The Hall–Kier alpha value is -2.15. The molecule has 7 heteroatoms. The fourth-order valence-electron chi connectivity index (χ4n) is 1.87. The van der Waals surface area contributed by atoms with Crippen molar-refractivity contribution < 1.29 is 27.8 Å². The molecule has 2 aromatic carbocycles. The third-order valence-electron chi connectivity index (χ3n) is 2.86. The summed E-state index contributed by atoms with van der Waals surface area (Å²) >= 11 is 1.55. The van der Waals surface area contributed by atoms with E-state index < -0.39 is 23.6 Å². The van der Waals surface area contributed by atoms with E-state index in [2.05, 4.69) is 4.74 Å². The second kappa shape index (κ2) is 6.31. The average molecular weight is 328 g/mol. The number of ether oxygens (including phenoxy) is 1. The Labute approximate surface area is 128 Å². The van der Waals surface area contributed by atoms with Crippen molar-refractivity contribution in [3.05, 3.63) is 48.0 Å². The molecule has 0 radical (unpaired) electrons. The summed E-state index contributed by atoms with van der Waals surface area (Å²) in [6, 6.07) is 10.8. The number of carboxylic acids is 1. The highest BCUT2D eigenvalue weighted by atomic mass is 32.2. The molecule has 0 saturated heterocycles. The van der Waals surface area contributed by atoms with E-state index >= 15 is 0 Å². The molecule has 0 amide bonds. The first-order chi connectivity index (χ1) is 10.3. The largest absolute Gasteiger partial charge is 0.573 e. The number of hydrogen-bond donors (Lipinski definition) is 1. The molecule has 0 fully saturated rings. The molecule has 0 bridgehead atoms. The lowest BCUT2D eigenvalue weighted by atomic mass is 10.0. The number of carbonyl (C=O) groups is 1. The van der Waals surface area contributed by atoms with E-state index in [1.165, 1.54) is 6.07 Å². The Balaban J connectivity index is 2.42. The highest BCUT2D eigenvalue weighted by Crippen LogP contribution is 2.31. The summed E-state index contributed by atoms with van der Waals surface area (Å²) in [5, 5.41) is 9.07. The number of aromatic carboxylic acids is 1. The summed E-state index contributed by atoms with van der Waals surface area (Å²) < 4.78 is 40.6. The smallest absolute Gasteiger partial charge is 0.478 e. The SMILES string of the molecule is CSc1ccc(-c2ccc(OC(F)(F)F)c(C(=O)O)c2)cc1. The van der Waals surface area contributed by atoms with Crippen LogP contribution in [0, 0.1) is 0 Å². The van der Waals surface area contributed by atoms with E-state index in [9.17, 15) is 18.0 Å². The lowest BCUT2D eigenvalue weighted by Gasteiger charge is -2.12. The molecule has 1 N–H and O–H groups in total. The van der Waals surface area contributed by atoms with Gasteiger partial charge < -0.3 is 9.84 Å². The highest BCUT2D eigenvalue weighted by molar-refractivity contribution is 7.98. The Morgan fingerprint density at radius 2 is 1.68 bits per heavy atom. The number of rotatable bonds is 4. The van der Waals surface area contributed by atoms with Crippen molar-refractivity contribution in [3.63, 3.8) is 0 Å². The minimum Gasteiger partial charge on any atom is -0.478 e. The van der Waals surface area contributed by atoms with E-state index in [0.29, 0.717) is 11.1 Å². The van der Waals surface area contributed by atoms with Crippen LogP contribution in [0.3, 0.4) is 0 Å². The van der Waals surface area contributed by atoms with Crippen molar-refractivity contribution in [1.29, 1.82) is 0 Å². The van der Waals surface area contributed by atoms with Crippen molar-refractivity contribution >= 4 is 17.7 Å². The summed E-state index contributed by atoms with van der Waals surface area (Å²) in [5.74, 6) is -2.22. The molecular formula is C15H11F3O3S. The first-order valence-corrected chi connectivity index (χ1v) is 7.30. The summed E-state index contributed by atoms with van der Waals surface area (Å²) in [6.45, 7) is 0. The van der Waals surface area contributed by atoms with Crippen LogP contribution in [0.15, 0.2) is 47.4 Å². The van der Waals surface area contributed by atoms with E-state index in [1.807, 2.05) is 18.4 Å². The van der Waals surface area contributed by atoms with Crippen LogP contribution in [0.4, 0.5) is 13.2 Å². The number of halogens is 3. The van der Waals surface area contributed by atoms with Gasteiger partial charge in [0.25, 0.3) is 0 Å². The zero-order chi connectivity index (χ0) is 16.3. The van der Waals surface area contributed by atoms with Gasteiger partial charge in [-0.2, -0.15) is 0 Å². The van der Waals surface area contributed by atoms with E-state index in [1.54, 1.807) is 23.9 Å². The van der Waals surface area contributed by atoms with Crippen LogP contribution in [-0.2, 0) is 0 Å². The second-order valence-corrected chi connectivity index (χ2v) is 5.17. The van der Waals surface area contributed by atoms with Crippen molar-refractivity contribution in [2.45, 2.75) is 11.3 Å². The van der Waals surface area contributed by atoms with Gasteiger partial charge in [-0.15, -0.1) is 24.9 Å². The number of carboxylic acid groups (broad SMARTS) is 1. The molecule has 0 aliphatic heterocycles. The van der Waals surface area contributed by atoms with E-state index in [0.717, 1.165) is 17.0 Å². The van der Waals surface area contributed by atoms with Gasteiger partial charge in [0, 0.05) is 4.90 Å². The first-order valence-electron chi connectivity index (χ1n) is 6.07. The Morgan fingerprint density at radius 1 is 1.09 bits per heavy atom. The van der Waals surface area contributed by atoms with Crippen molar-refractivity contribution in [1.82, 2.24) is 0 Å². The fourth-order valence-corrected chi connectivity index (χ4v) is 2.28. The molecule has 0 spiro atoms. The number of thioether (sulfide) groups is 1. The Morgan fingerprint density at radius 3 is 2.18 bits per heavy atom. The van der Waals surface area contributed by atoms with Crippen molar-refractivity contribution in [3.8, 4) is 16.9 Å². The molecule has 22 heavy (non-hydrogen) atoms. The molecule has 0 aromatic heterocycles. The van der Waals surface area contributed by atoms with Gasteiger partial charge in [-0.05, 0) is 41.6 Å². The van der Waals surface area contributed by atoms with E-state index in [-0.39, 0.29) is 0 Å². The van der Waals surface area contributed by atoms with Gasteiger partial charge in [-0.25, -0.2) is 4.79 Å². The molecule has 0 unspecified atom stereocenters. The zero-order valence-corrected chi connectivity index (χ0v) is 12.2. The maximum atomic E-state index is 12.3. The van der Waals surface area contributed by atoms with Gasteiger partial charge in [0.2, 0.25) is 0 Å². The molecule has 0 heterocycles. The highest BCUT2D eigenvalue weighted by Gasteiger charge is 2.33. The summed E-state index contributed by atoms with van der Waals surface area (Å²) in [6.07, 6.45) is -3.02. The van der Waals surface area contributed by atoms with Crippen LogP contribution < -0.4 is 4.74 Å². The van der Waals surface area contributed by atoms with Crippen LogP contribution in [-0.4, -0.2) is 23.7 Å². The van der Waals surface area contributed by atoms with Crippen LogP contribution >= 0.6 is 11.8 Å². The number of benzene rings is 2. The minimum absolute atomic E-state index is 0.500. The summed E-state index contributed by atoms with van der Waals surface area (Å²) in [5.41, 5.74) is 0.669. The van der Waals surface area contributed by atoms with Gasteiger partial charge in [-0.3, -0.25) is 0 Å². The van der Waals surface area contributed by atoms with Gasteiger partial charge in [0.05, 0.1) is 0 Å². The fraction of sp³-hybridized carbons (Fsp3) is 0.133. The molecule has 2 rings (SSSR count). The molecule has 116 valence electrons. The predicted molar refractivity (Wildman–Crippen MR) is 77.3 cm³/mol. The first kappa shape index (κ1) is 16.2. The summed E-state index contributed by atoms with van der Waals surface area (Å²) in [7, 11) is 0. The maximum Gasteiger partial charge on any atom is 0.573 e. The topological polar surface area (TPSA) is 46.5 Å². The van der Waals surface area contributed by atoms with Crippen LogP contribution in [0.2, 0.25) is 0 Å². The molecule has 0 aliphatic carbocycles. The van der Waals surface area contributed by atoms with Crippen LogP contribution in [0.5, 0.6) is 5.75 Å². The lowest BCUT2D eigenvalue weighted by Crippen LogP contribution is -2.19. The van der Waals surface area contributed by atoms with Gasteiger partial charge >= 0.3 is 12.3 Å². The molecule has 0 saturated carbocycles. The van der Waals surface area contributed by atoms with Gasteiger partial charge in [0.1, 0.15) is 11.3 Å². The Kier molecular flexibility index (Phi) is 4.65. The third-order valence-corrected chi connectivity index (χ3v) is 3.60. The van der Waals surface area contributed by atoms with Crippen LogP contribution in [0.1, 0.15) is 10.4 Å². The number of hydrogen-bond acceptors (Lipinski definition) is 3. The third kappa shape index (κ3) is 3.94. The maximum absolute atomic E-state index is 12.3. The van der Waals surface area contributed by atoms with Crippen molar-refractivity contribution in [2.75, 3.05) is 6.26 Å². The lowest BCUT2D eigenvalue weighted by molar-refractivity contribution is -0.274. The quantitative estimate of drug-likeness (QED) is 0.828. The monoisotopic (exact) mass is 328 g/mol. The second-order valence-electron chi connectivity index (χ2n) is 4.29. The molecular weight excluding hydrogens is 317 g/mol. The molecule has 0 aliphatic rings. The van der Waals surface area contributed by atoms with Gasteiger partial charge in [0.15, 0.2) is 0 Å². The zero-order valence-electron chi connectivity index (χ0n) is 11.3. The average Bonchev–Trinajstić information content (AvgIpc) is 2.46. The molecule has 3 nitrogen and oxygen atoms in total. The van der Waals surface area contributed by atoms with Gasteiger partial charge in [-0.1, -0.05) is 18.2 Å². The molecule has 0 atom stereocenters. The Bertz CT molecular complexity index is 681. The van der Waals surface area contributed by atoms with E-state index in [4.69, 9.17) is 5.11 Å².